The Labute approximate surface area is 124 Å². The van der Waals surface area contributed by atoms with E-state index >= 15 is 0 Å². The van der Waals surface area contributed by atoms with E-state index in [1.807, 2.05) is 11.7 Å². The number of hydrogen-bond donors (Lipinski definition) is 0. The molecule has 8 nitrogen and oxygen atoms in total. The molecule has 2 rings (SSSR count). The molecule has 0 spiro atoms. The number of alkyl halides is 1. The summed E-state index contributed by atoms with van der Waals surface area (Å²) >= 11 is 5.67. The average Bonchev–Trinajstić information content (AvgIpc) is 2.46. The van der Waals surface area contributed by atoms with Gasteiger partial charge in [-0.05, 0) is 13.5 Å². The number of likely N-dealkylation sites (N-methyl/N-ethyl adjacent to an activating group) is 1. The summed E-state index contributed by atoms with van der Waals surface area (Å²) in [7, 11) is -1.19. The molecule has 0 N–H and O–H groups in total. The number of nitrogens with zero attached hydrogens (tertiary/aromatic N) is 5. The Morgan fingerprint density at radius 2 is 2.00 bits per heavy atom. The zero-order valence-corrected chi connectivity index (χ0v) is 13.3. The summed E-state index contributed by atoms with van der Waals surface area (Å²) in [5.41, 5.74) is 0. The van der Waals surface area contributed by atoms with Crippen molar-refractivity contribution in [1.29, 1.82) is 0 Å². The molecular weight excluding hydrogens is 305 g/mol. The third kappa shape index (κ3) is 3.32. The fourth-order valence-electron chi connectivity index (χ4n) is 2.38. The van der Waals surface area contributed by atoms with E-state index in [9.17, 15) is 9.47 Å². The highest BCUT2D eigenvalue weighted by molar-refractivity contribution is 7.53. The van der Waals surface area contributed by atoms with E-state index in [1.165, 1.54) is 4.78 Å². The number of rotatable bonds is 5. The zero-order chi connectivity index (χ0) is 14.6. The molecular formula is C10H21ClN5O3P. The predicted molar refractivity (Wildman–Crippen MR) is 77.2 cm³/mol. The average molecular weight is 326 g/mol. The molecule has 2 fully saturated rings. The van der Waals surface area contributed by atoms with Crippen LogP contribution in [0.5, 0.6) is 0 Å². The Hall–Kier alpha value is -0.240. The lowest BCUT2D eigenvalue weighted by molar-refractivity contribution is 0.00476. The van der Waals surface area contributed by atoms with Gasteiger partial charge in [0, 0.05) is 38.6 Å². The molecule has 2 heterocycles. The molecule has 0 aromatic rings. The quantitative estimate of drug-likeness (QED) is 0.325. The lowest BCUT2D eigenvalue weighted by atomic mass is 10.4. The van der Waals surface area contributed by atoms with Crippen molar-refractivity contribution in [2.75, 3.05) is 58.8 Å². The Morgan fingerprint density at radius 3 is 2.60 bits per heavy atom. The van der Waals surface area contributed by atoms with Crippen LogP contribution in [0, 0.1) is 4.91 Å². The van der Waals surface area contributed by atoms with Gasteiger partial charge < -0.3 is 9.42 Å². The maximum atomic E-state index is 13.2. The van der Waals surface area contributed by atoms with Crippen molar-refractivity contribution >= 4 is 19.3 Å². The zero-order valence-electron chi connectivity index (χ0n) is 11.6. The van der Waals surface area contributed by atoms with E-state index in [4.69, 9.17) is 16.1 Å². The molecule has 0 aromatic heterocycles. The van der Waals surface area contributed by atoms with Crippen molar-refractivity contribution in [3.05, 3.63) is 4.91 Å². The number of hydrogen-bond acceptors (Lipinski definition) is 5. The topological polar surface area (TPSA) is 68.7 Å². The van der Waals surface area contributed by atoms with Gasteiger partial charge in [0.05, 0.1) is 18.4 Å². The smallest absolute Gasteiger partial charge is 0.305 e. The van der Waals surface area contributed by atoms with Crippen molar-refractivity contribution in [3.63, 3.8) is 0 Å². The third-order valence-corrected chi connectivity index (χ3v) is 6.33. The Bertz CT molecular complexity index is 380. The standard InChI is InChI=1S/C10H21ClN5O3P/c1-13-6-8-14(9-7-13)20(18)16(4-2-10-19-20)15(12-17)5-3-11/h2-10H2,1H3. The van der Waals surface area contributed by atoms with Gasteiger partial charge >= 0.3 is 7.67 Å². The van der Waals surface area contributed by atoms with Crippen LogP contribution in [0.2, 0.25) is 0 Å². The monoisotopic (exact) mass is 325 g/mol. The van der Waals surface area contributed by atoms with Crippen LogP contribution >= 0.6 is 19.3 Å². The first kappa shape index (κ1) is 16.1. The van der Waals surface area contributed by atoms with Crippen LogP contribution in [-0.4, -0.2) is 78.3 Å². The van der Waals surface area contributed by atoms with Crippen LogP contribution in [0.3, 0.4) is 0 Å². The SMILES string of the molecule is CN1CCN(P2(=O)OCCCN2N(CCCl)N=O)CC1. The van der Waals surface area contributed by atoms with Crippen molar-refractivity contribution in [1.82, 2.24) is 19.5 Å². The minimum atomic E-state index is -3.21. The van der Waals surface area contributed by atoms with Gasteiger partial charge in [-0.15, -0.1) is 21.3 Å². The summed E-state index contributed by atoms with van der Waals surface area (Å²) in [5, 5.41) is 4.09. The second-order valence-electron chi connectivity index (χ2n) is 4.90. The normalized spacial score (nSPS) is 30.3. The van der Waals surface area contributed by atoms with Crippen LogP contribution in [0.4, 0.5) is 0 Å². The second-order valence-corrected chi connectivity index (χ2v) is 7.54. The second kappa shape index (κ2) is 7.15. The molecule has 0 saturated carbocycles. The largest absolute Gasteiger partial charge is 0.365 e. The van der Waals surface area contributed by atoms with Gasteiger partial charge in [0.15, 0.2) is 0 Å². The number of nitroso groups, excluding NO2 is 1. The van der Waals surface area contributed by atoms with Crippen LogP contribution in [0.25, 0.3) is 0 Å². The van der Waals surface area contributed by atoms with Gasteiger partial charge in [0.2, 0.25) is 0 Å². The Morgan fingerprint density at radius 1 is 1.30 bits per heavy atom. The predicted octanol–water partition coefficient (Wildman–Crippen LogP) is 1.20. The maximum absolute atomic E-state index is 13.2. The summed E-state index contributed by atoms with van der Waals surface area (Å²) in [6.07, 6.45) is 0.714. The molecule has 1 atom stereocenters. The van der Waals surface area contributed by atoms with Crippen molar-refractivity contribution in [2.24, 2.45) is 5.29 Å². The van der Waals surface area contributed by atoms with E-state index in [0.717, 1.165) is 18.2 Å². The highest BCUT2D eigenvalue weighted by Gasteiger charge is 2.45. The van der Waals surface area contributed by atoms with Gasteiger partial charge in [-0.2, -0.15) is 5.12 Å². The molecule has 1 unspecified atom stereocenters. The van der Waals surface area contributed by atoms with E-state index in [1.54, 1.807) is 0 Å². The summed E-state index contributed by atoms with van der Waals surface area (Å²) in [5.74, 6) is 0.241. The first-order chi connectivity index (χ1) is 9.61. The van der Waals surface area contributed by atoms with E-state index in [-0.39, 0.29) is 12.4 Å². The van der Waals surface area contributed by atoms with E-state index in [0.29, 0.717) is 32.7 Å². The summed E-state index contributed by atoms with van der Waals surface area (Å²) in [6, 6.07) is 0. The van der Waals surface area contributed by atoms with Crippen LogP contribution in [-0.2, 0) is 9.09 Å². The first-order valence-electron chi connectivity index (χ1n) is 6.75. The lowest BCUT2D eigenvalue weighted by Gasteiger charge is -2.45. The van der Waals surface area contributed by atoms with E-state index < -0.39 is 7.67 Å². The van der Waals surface area contributed by atoms with Gasteiger partial charge in [0.1, 0.15) is 0 Å². The fourth-order valence-corrected chi connectivity index (χ4v) is 4.95. The third-order valence-electron chi connectivity index (χ3n) is 3.54. The first-order valence-corrected chi connectivity index (χ1v) is 8.81. The molecule has 0 aliphatic carbocycles. The molecule has 2 aliphatic heterocycles. The molecule has 10 heteroatoms. The molecule has 116 valence electrons. The summed E-state index contributed by atoms with van der Waals surface area (Å²) in [6.45, 7) is 4.11. The van der Waals surface area contributed by atoms with Crippen LogP contribution in [0.1, 0.15) is 6.42 Å². The van der Waals surface area contributed by atoms with Crippen molar-refractivity contribution < 1.29 is 9.09 Å². The molecule has 0 amide bonds. The number of piperazine rings is 1. The number of hydrazine groups is 1. The van der Waals surface area contributed by atoms with Crippen molar-refractivity contribution in [2.45, 2.75) is 6.42 Å². The van der Waals surface area contributed by atoms with Gasteiger partial charge in [-0.1, -0.05) is 0 Å². The molecule has 0 aromatic carbocycles. The number of halogens is 1. The molecule has 0 bridgehead atoms. The Kier molecular flexibility index (Phi) is 5.77. The van der Waals surface area contributed by atoms with E-state index in [2.05, 4.69) is 10.2 Å². The maximum Gasteiger partial charge on any atom is 0.365 e. The van der Waals surface area contributed by atoms with Crippen LogP contribution < -0.4 is 0 Å². The molecule has 2 saturated heterocycles. The van der Waals surface area contributed by atoms with Gasteiger partial charge in [0.25, 0.3) is 0 Å². The minimum absolute atomic E-state index is 0.228. The highest BCUT2D eigenvalue weighted by Crippen LogP contribution is 2.57. The summed E-state index contributed by atoms with van der Waals surface area (Å²) in [4.78, 5) is 13.2. The highest BCUT2D eigenvalue weighted by atomic mass is 35.5. The van der Waals surface area contributed by atoms with Crippen LogP contribution in [0.15, 0.2) is 5.29 Å². The minimum Gasteiger partial charge on any atom is -0.305 e. The molecule has 20 heavy (non-hydrogen) atoms. The molecule has 2 aliphatic rings. The lowest BCUT2D eigenvalue weighted by Crippen LogP contribution is -2.50. The summed E-state index contributed by atoms with van der Waals surface area (Å²) < 4.78 is 22.1. The Balaban J connectivity index is 2.15. The van der Waals surface area contributed by atoms with Gasteiger partial charge in [-0.3, -0.25) is 4.57 Å². The fraction of sp³-hybridized carbons (Fsp3) is 1.00. The van der Waals surface area contributed by atoms with Gasteiger partial charge in [-0.25, -0.2) is 4.67 Å². The van der Waals surface area contributed by atoms with Crippen molar-refractivity contribution in [3.8, 4) is 0 Å². The molecule has 0 radical (unpaired) electrons.